The highest BCUT2D eigenvalue weighted by Crippen LogP contribution is 2.13. The van der Waals surface area contributed by atoms with E-state index in [9.17, 15) is 9.90 Å². The maximum atomic E-state index is 10.4. The van der Waals surface area contributed by atoms with Gasteiger partial charge in [0.05, 0.1) is 6.10 Å². The van der Waals surface area contributed by atoms with E-state index in [1.54, 1.807) is 0 Å². The van der Waals surface area contributed by atoms with Gasteiger partial charge in [0.25, 0.3) is 0 Å². The van der Waals surface area contributed by atoms with Gasteiger partial charge in [0.2, 0.25) is 5.76 Å². The van der Waals surface area contributed by atoms with E-state index >= 15 is 0 Å². The third-order valence-corrected chi connectivity index (χ3v) is 1.80. The molecule has 1 rings (SSSR count). The molecule has 78 valence electrons. The van der Waals surface area contributed by atoms with Crippen molar-refractivity contribution in [3.8, 4) is 0 Å². The van der Waals surface area contributed by atoms with E-state index in [4.69, 9.17) is 9.52 Å². The first-order chi connectivity index (χ1) is 6.63. The Labute approximate surface area is 81.4 Å². The molecule has 0 aliphatic heterocycles. The quantitative estimate of drug-likeness (QED) is 0.662. The molecule has 0 spiro atoms. The molecule has 0 aliphatic rings. The Morgan fingerprint density at radius 2 is 2.36 bits per heavy atom. The zero-order valence-electron chi connectivity index (χ0n) is 7.86. The Morgan fingerprint density at radius 3 is 2.86 bits per heavy atom. The van der Waals surface area contributed by atoms with Gasteiger partial charge in [-0.1, -0.05) is 6.92 Å². The molecule has 0 saturated heterocycles. The normalized spacial score (nSPS) is 12.4. The zero-order chi connectivity index (χ0) is 10.6. The summed E-state index contributed by atoms with van der Waals surface area (Å²) in [6, 6.07) is 2.88. The molecule has 0 radical (unpaired) electrons. The van der Waals surface area contributed by atoms with Crippen LogP contribution in [0.1, 0.15) is 23.9 Å². The standard InChI is InChI=1S/C9H13NO4/c1-2-6(11)5-10-8-4-3-7(14-8)9(12)13/h3-4,6,10-11H,2,5H2,1H3,(H,12,13). The zero-order valence-corrected chi connectivity index (χ0v) is 7.86. The summed E-state index contributed by atoms with van der Waals surface area (Å²) in [5, 5.41) is 20.6. The number of nitrogens with one attached hydrogen (secondary N) is 1. The van der Waals surface area contributed by atoms with Crippen LogP contribution in [0.2, 0.25) is 0 Å². The van der Waals surface area contributed by atoms with Crippen LogP contribution < -0.4 is 5.32 Å². The molecule has 1 aromatic heterocycles. The van der Waals surface area contributed by atoms with Gasteiger partial charge in [-0.2, -0.15) is 0 Å². The van der Waals surface area contributed by atoms with Crippen LogP contribution in [0.25, 0.3) is 0 Å². The van der Waals surface area contributed by atoms with Crippen molar-refractivity contribution in [2.75, 3.05) is 11.9 Å². The minimum atomic E-state index is -1.10. The first kappa shape index (κ1) is 10.6. The molecule has 1 atom stereocenters. The number of anilines is 1. The Hall–Kier alpha value is -1.49. The van der Waals surface area contributed by atoms with Gasteiger partial charge in [-0.25, -0.2) is 4.79 Å². The second kappa shape index (κ2) is 4.66. The summed E-state index contributed by atoms with van der Waals surface area (Å²) >= 11 is 0. The lowest BCUT2D eigenvalue weighted by Crippen LogP contribution is -2.17. The molecule has 0 bridgehead atoms. The average molecular weight is 199 g/mol. The van der Waals surface area contributed by atoms with E-state index in [1.807, 2.05) is 6.92 Å². The Kier molecular flexibility index (Phi) is 3.53. The van der Waals surface area contributed by atoms with E-state index in [0.29, 0.717) is 18.8 Å². The number of carboxylic acid groups (broad SMARTS) is 1. The Morgan fingerprint density at radius 1 is 1.64 bits per heavy atom. The third-order valence-electron chi connectivity index (χ3n) is 1.80. The second-order valence-corrected chi connectivity index (χ2v) is 2.91. The van der Waals surface area contributed by atoms with Crippen molar-refractivity contribution >= 4 is 11.9 Å². The monoisotopic (exact) mass is 199 g/mol. The van der Waals surface area contributed by atoms with Gasteiger partial charge in [-0.15, -0.1) is 0 Å². The summed E-state index contributed by atoms with van der Waals surface area (Å²) in [7, 11) is 0. The number of furan rings is 1. The number of hydrogen-bond donors (Lipinski definition) is 3. The summed E-state index contributed by atoms with van der Waals surface area (Å²) in [5.41, 5.74) is 0. The number of carbonyl (C=O) groups is 1. The Balaban J connectivity index is 2.48. The summed E-state index contributed by atoms with van der Waals surface area (Å²) in [6.07, 6.45) is 0.188. The van der Waals surface area contributed by atoms with Gasteiger partial charge in [0.15, 0.2) is 5.88 Å². The van der Waals surface area contributed by atoms with E-state index in [2.05, 4.69) is 5.32 Å². The van der Waals surface area contributed by atoms with E-state index in [1.165, 1.54) is 12.1 Å². The molecule has 0 amide bonds. The largest absolute Gasteiger partial charge is 0.475 e. The van der Waals surface area contributed by atoms with Gasteiger partial charge in [0, 0.05) is 12.6 Å². The lowest BCUT2D eigenvalue weighted by molar-refractivity contribution is 0.0663. The van der Waals surface area contributed by atoms with Crippen molar-refractivity contribution in [1.29, 1.82) is 0 Å². The summed E-state index contributed by atoms with van der Waals surface area (Å²) in [6.45, 7) is 2.21. The van der Waals surface area contributed by atoms with Gasteiger partial charge < -0.3 is 19.9 Å². The molecule has 5 heteroatoms. The summed E-state index contributed by atoms with van der Waals surface area (Å²) in [4.78, 5) is 10.4. The van der Waals surface area contributed by atoms with E-state index in [0.717, 1.165) is 0 Å². The van der Waals surface area contributed by atoms with Gasteiger partial charge in [0.1, 0.15) is 0 Å². The van der Waals surface area contributed by atoms with Crippen LogP contribution in [0.15, 0.2) is 16.5 Å². The maximum absolute atomic E-state index is 10.4. The van der Waals surface area contributed by atoms with Gasteiger partial charge >= 0.3 is 5.97 Å². The van der Waals surface area contributed by atoms with Gasteiger partial charge in [-0.05, 0) is 12.5 Å². The van der Waals surface area contributed by atoms with Crippen molar-refractivity contribution in [3.05, 3.63) is 17.9 Å². The summed E-state index contributed by atoms with van der Waals surface area (Å²) in [5.74, 6) is -0.859. The van der Waals surface area contributed by atoms with Crippen molar-refractivity contribution in [2.45, 2.75) is 19.4 Å². The number of aliphatic hydroxyl groups excluding tert-OH is 1. The lowest BCUT2D eigenvalue weighted by Gasteiger charge is -2.07. The number of carboxylic acids is 1. The molecular weight excluding hydrogens is 186 g/mol. The van der Waals surface area contributed by atoms with Gasteiger partial charge in [-0.3, -0.25) is 0 Å². The highest BCUT2D eigenvalue weighted by Gasteiger charge is 2.09. The topological polar surface area (TPSA) is 82.7 Å². The van der Waals surface area contributed by atoms with Crippen LogP contribution >= 0.6 is 0 Å². The third kappa shape index (κ3) is 2.77. The molecular formula is C9H13NO4. The fraction of sp³-hybridized carbons (Fsp3) is 0.444. The van der Waals surface area contributed by atoms with Crippen LogP contribution in [0.4, 0.5) is 5.88 Å². The predicted octanol–water partition coefficient (Wildman–Crippen LogP) is 1.16. The highest BCUT2D eigenvalue weighted by molar-refractivity contribution is 5.84. The van der Waals surface area contributed by atoms with Crippen molar-refractivity contribution in [1.82, 2.24) is 0 Å². The van der Waals surface area contributed by atoms with Crippen LogP contribution in [0.5, 0.6) is 0 Å². The molecule has 0 aromatic carbocycles. The van der Waals surface area contributed by atoms with Crippen LogP contribution in [0.3, 0.4) is 0 Å². The minimum Gasteiger partial charge on any atom is -0.475 e. The second-order valence-electron chi connectivity index (χ2n) is 2.91. The molecule has 1 aromatic rings. The first-order valence-electron chi connectivity index (χ1n) is 4.38. The van der Waals surface area contributed by atoms with Crippen molar-refractivity contribution in [2.24, 2.45) is 0 Å². The molecule has 0 fully saturated rings. The van der Waals surface area contributed by atoms with Crippen LogP contribution in [-0.2, 0) is 0 Å². The molecule has 0 aliphatic carbocycles. The fourth-order valence-corrected chi connectivity index (χ4v) is 0.911. The van der Waals surface area contributed by atoms with Crippen molar-refractivity contribution < 1.29 is 19.4 Å². The van der Waals surface area contributed by atoms with E-state index < -0.39 is 12.1 Å². The van der Waals surface area contributed by atoms with Crippen LogP contribution in [0, 0.1) is 0 Å². The minimum absolute atomic E-state index is 0.113. The molecule has 14 heavy (non-hydrogen) atoms. The molecule has 0 saturated carbocycles. The number of aliphatic hydroxyl groups is 1. The smallest absolute Gasteiger partial charge is 0.371 e. The lowest BCUT2D eigenvalue weighted by atomic mass is 10.3. The molecule has 3 N–H and O–H groups in total. The van der Waals surface area contributed by atoms with Crippen molar-refractivity contribution in [3.63, 3.8) is 0 Å². The molecule has 1 heterocycles. The number of rotatable bonds is 5. The first-order valence-corrected chi connectivity index (χ1v) is 4.38. The average Bonchev–Trinajstić information content (AvgIpc) is 2.62. The molecule has 1 unspecified atom stereocenters. The predicted molar refractivity (Wildman–Crippen MR) is 50.5 cm³/mol. The fourth-order valence-electron chi connectivity index (χ4n) is 0.911. The Bertz CT molecular complexity index is 308. The highest BCUT2D eigenvalue weighted by atomic mass is 16.4. The summed E-state index contributed by atoms with van der Waals surface area (Å²) < 4.78 is 4.92. The number of aromatic carboxylic acids is 1. The number of hydrogen-bond acceptors (Lipinski definition) is 4. The maximum Gasteiger partial charge on any atom is 0.371 e. The molecule has 5 nitrogen and oxygen atoms in total. The van der Waals surface area contributed by atoms with Crippen LogP contribution in [-0.4, -0.2) is 28.8 Å². The SMILES string of the molecule is CCC(O)CNc1ccc(C(=O)O)o1. The van der Waals surface area contributed by atoms with E-state index in [-0.39, 0.29) is 5.76 Å².